The van der Waals surface area contributed by atoms with E-state index in [1.165, 1.54) is 0 Å². The molecule has 1 aromatic rings. The van der Waals surface area contributed by atoms with Gasteiger partial charge in [-0.25, -0.2) is 0 Å². The highest BCUT2D eigenvalue weighted by Crippen LogP contribution is 2.29. The Morgan fingerprint density at radius 1 is 1.60 bits per heavy atom. The molecule has 1 aromatic heterocycles. The summed E-state index contributed by atoms with van der Waals surface area (Å²) in [5.41, 5.74) is 6.30. The van der Waals surface area contributed by atoms with Crippen LogP contribution < -0.4 is 11.1 Å². The van der Waals surface area contributed by atoms with E-state index in [1.54, 1.807) is 6.92 Å². The van der Waals surface area contributed by atoms with Crippen LogP contribution in [-0.4, -0.2) is 36.0 Å². The Balaban J connectivity index is 2.10. The molecule has 1 fully saturated rings. The molecule has 20 heavy (non-hydrogen) atoms. The molecule has 5 heteroatoms. The van der Waals surface area contributed by atoms with Crippen LogP contribution in [0.5, 0.6) is 0 Å². The lowest BCUT2D eigenvalue weighted by atomic mass is 10.0. The molecule has 0 aliphatic carbocycles. The van der Waals surface area contributed by atoms with Crippen LogP contribution in [0.25, 0.3) is 0 Å². The fraction of sp³-hybridized carbons (Fsp3) is 0.667. The zero-order chi connectivity index (χ0) is 14.7. The summed E-state index contributed by atoms with van der Waals surface area (Å²) in [5, 5.41) is 2.99. The molecule has 3 unspecified atom stereocenters. The SMILES string of the molecule is CCC(N)C(c1ccc(C)o1)N1CCC(NC(C)=O)C1. The first-order valence-electron chi connectivity index (χ1n) is 7.34. The molecule has 5 nitrogen and oxygen atoms in total. The highest BCUT2D eigenvalue weighted by Gasteiger charge is 2.34. The summed E-state index contributed by atoms with van der Waals surface area (Å²) in [6.07, 6.45) is 1.86. The van der Waals surface area contributed by atoms with Crippen LogP contribution in [0.1, 0.15) is 44.3 Å². The third-order valence-electron chi connectivity index (χ3n) is 3.95. The van der Waals surface area contributed by atoms with Crippen molar-refractivity contribution < 1.29 is 9.21 Å². The van der Waals surface area contributed by atoms with Crippen LogP contribution in [0.3, 0.4) is 0 Å². The minimum Gasteiger partial charge on any atom is -0.465 e. The molecule has 112 valence electrons. The molecule has 3 N–H and O–H groups in total. The van der Waals surface area contributed by atoms with Gasteiger partial charge in [0.05, 0.1) is 6.04 Å². The normalized spacial score (nSPS) is 22.7. The summed E-state index contributed by atoms with van der Waals surface area (Å²) in [6, 6.07) is 4.34. The molecule has 0 aromatic carbocycles. The molecular formula is C15H25N3O2. The lowest BCUT2D eigenvalue weighted by Gasteiger charge is -2.30. The first-order valence-corrected chi connectivity index (χ1v) is 7.34. The van der Waals surface area contributed by atoms with Gasteiger partial charge in [-0.05, 0) is 31.9 Å². The number of amides is 1. The smallest absolute Gasteiger partial charge is 0.217 e. The largest absolute Gasteiger partial charge is 0.465 e. The maximum absolute atomic E-state index is 11.2. The average Bonchev–Trinajstić information content (AvgIpc) is 2.99. The van der Waals surface area contributed by atoms with Gasteiger partial charge < -0.3 is 15.5 Å². The second kappa shape index (κ2) is 6.41. The van der Waals surface area contributed by atoms with Gasteiger partial charge in [0.2, 0.25) is 5.91 Å². The molecule has 2 rings (SSSR count). The second-order valence-corrected chi connectivity index (χ2v) is 5.65. The summed E-state index contributed by atoms with van der Waals surface area (Å²) < 4.78 is 5.79. The number of hydrogen-bond acceptors (Lipinski definition) is 4. The third-order valence-corrected chi connectivity index (χ3v) is 3.95. The first kappa shape index (κ1) is 15.1. The third kappa shape index (κ3) is 3.41. The van der Waals surface area contributed by atoms with Crippen LogP contribution in [0.4, 0.5) is 0 Å². The lowest BCUT2D eigenvalue weighted by molar-refractivity contribution is -0.119. The summed E-state index contributed by atoms with van der Waals surface area (Å²) >= 11 is 0. The molecule has 1 saturated heterocycles. The maximum atomic E-state index is 11.2. The van der Waals surface area contributed by atoms with Crippen LogP contribution in [-0.2, 0) is 4.79 Å². The van der Waals surface area contributed by atoms with E-state index in [9.17, 15) is 4.79 Å². The number of rotatable bonds is 5. The molecule has 0 saturated carbocycles. The number of likely N-dealkylation sites (tertiary alicyclic amines) is 1. The highest BCUT2D eigenvalue weighted by molar-refractivity contribution is 5.73. The van der Waals surface area contributed by atoms with Gasteiger partial charge in [-0.2, -0.15) is 0 Å². The number of nitrogens with two attached hydrogens (primary N) is 1. The predicted molar refractivity (Wildman–Crippen MR) is 78.2 cm³/mol. The van der Waals surface area contributed by atoms with E-state index in [4.69, 9.17) is 10.2 Å². The molecule has 1 aliphatic rings. The molecule has 2 heterocycles. The number of carbonyl (C=O) groups excluding carboxylic acids is 1. The molecule has 0 radical (unpaired) electrons. The predicted octanol–water partition coefficient (Wildman–Crippen LogP) is 1.58. The minimum absolute atomic E-state index is 0.0297. The summed E-state index contributed by atoms with van der Waals surface area (Å²) in [6.45, 7) is 7.37. The Morgan fingerprint density at radius 3 is 2.90 bits per heavy atom. The van der Waals surface area contributed by atoms with E-state index in [0.29, 0.717) is 0 Å². The fourth-order valence-electron chi connectivity index (χ4n) is 2.94. The number of furan rings is 1. The number of carbonyl (C=O) groups is 1. The highest BCUT2D eigenvalue weighted by atomic mass is 16.3. The van der Waals surface area contributed by atoms with Crippen molar-refractivity contribution >= 4 is 5.91 Å². The standard InChI is InChI=1S/C15H25N3O2/c1-4-13(16)15(14-6-5-10(2)20-14)18-8-7-12(9-18)17-11(3)19/h5-6,12-13,15H,4,7-9,16H2,1-3H3,(H,17,19). The summed E-state index contributed by atoms with van der Waals surface area (Å²) in [5.74, 6) is 1.87. The first-order chi connectivity index (χ1) is 9.51. The van der Waals surface area contributed by atoms with Gasteiger partial charge in [0, 0.05) is 32.1 Å². The van der Waals surface area contributed by atoms with Crippen molar-refractivity contribution in [2.45, 2.75) is 51.7 Å². The minimum atomic E-state index is 0.0297. The van der Waals surface area contributed by atoms with E-state index >= 15 is 0 Å². The zero-order valence-corrected chi connectivity index (χ0v) is 12.6. The molecule has 1 amide bonds. The monoisotopic (exact) mass is 279 g/mol. The Bertz CT molecular complexity index is 458. The molecular weight excluding hydrogens is 254 g/mol. The molecule has 0 bridgehead atoms. The van der Waals surface area contributed by atoms with Crippen molar-refractivity contribution in [3.05, 3.63) is 23.7 Å². The maximum Gasteiger partial charge on any atom is 0.217 e. The molecule has 3 atom stereocenters. The Morgan fingerprint density at radius 2 is 2.35 bits per heavy atom. The van der Waals surface area contributed by atoms with E-state index in [-0.39, 0.29) is 24.0 Å². The Kier molecular flexibility index (Phi) is 4.83. The van der Waals surface area contributed by atoms with Gasteiger partial charge in [-0.15, -0.1) is 0 Å². The fourth-order valence-corrected chi connectivity index (χ4v) is 2.94. The van der Waals surface area contributed by atoms with Crippen LogP contribution >= 0.6 is 0 Å². The lowest BCUT2D eigenvalue weighted by Crippen LogP contribution is -2.42. The van der Waals surface area contributed by atoms with Gasteiger partial charge in [-0.3, -0.25) is 9.69 Å². The van der Waals surface area contributed by atoms with Crippen LogP contribution in [0, 0.1) is 6.92 Å². The number of nitrogens with one attached hydrogen (secondary N) is 1. The van der Waals surface area contributed by atoms with Gasteiger partial charge >= 0.3 is 0 Å². The number of nitrogens with zero attached hydrogens (tertiary/aromatic N) is 1. The zero-order valence-electron chi connectivity index (χ0n) is 12.6. The van der Waals surface area contributed by atoms with Crippen molar-refractivity contribution in [3.8, 4) is 0 Å². The van der Waals surface area contributed by atoms with Gasteiger partial charge in [0.1, 0.15) is 11.5 Å². The van der Waals surface area contributed by atoms with Crippen molar-refractivity contribution in [3.63, 3.8) is 0 Å². The number of aryl methyl sites for hydroxylation is 1. The van der Waals surface area contributed by atoms with Crippen molar-refractivity contribution in [1.29, 1.82) is 0 Å². The number of hydrogen-bond donors (Lipinski definition) is 2. The van der Waals surface area contributed by atoms with Crippen molar-refractivity contribution in [2.75, 3.05) is 13.1 Å². The summed E-state index contributed by atoms with van der Waals surface area (Å²) in [4.78, 5) is 13.5. The molecule has 1 aliphatic heterocycles. The van der Waals surface area contributed by atoms with Crippen LogP contribution in [0.2, 0.25) is 0 Å². The Labute approximate surface area is 120 Å². The second-order valence-electron chi connectivity index (χ2n) is 5.65. The summed E-state index contributed by atoms with van der Waals surface area (Å²) in [7, 11) is 0. The van der Waals surface area contributed by atoms with E-state index < -0.39 is 0 Å². The molecule has 0 spiro atoms. The van der Waals surface area contributed by atoms with Gasteiger partial charge in [0.15, 0.2) is 0 Å². The Hall–Kier alpha value is -1.33. The quantitative estimate of drug-likeness (QED) is 0.858. The van der Waals surface area contributed by atoms with Crippen molar-refractivity contribution in [2.24, 2.45) is 5.73 Å². The van der Waals surface area contributed by atoms with E-state index in [2.05, 4.69) is 17.1 Å². The average molecular weight is 279 g/mol. The van der Waals surface area contributed by atoms with Gasteiger partial charge in [0.25, 0.3) is 0 Å². The van der Waals surface area contributed by atoms with E-state index in [0.717, 1.165) is 37.5 Å². The van der Waals surface area contributed by atoms with Crippen molar-refractivity contribution in [1.82, 2.24) is 10.2 Å². The van der Waals surface area contributed by atoms with E-state index in [1.807, 2.05) is 19.1 Å². The topological polar surface area (TPSA) is 71.5 Å². The van der Waals surface area contributed by atoms with Crippen LogP contribution in [0.15, 0.2) is 16.5 Å². The van der Waals surface area contributed by atoms with Gasteiger partial charge in [-0.1, -0.05) is 6.92 Å².